The Kier molecular flexibility index (Phi) is 46.9. The molecule has 758 valence electrons. The molecule has 0 spiro atoms. The van der Waals surface area contributed by atoms with Crippen molar-refractivity contribution >= 4 is 128 Å². The number of H-pyrrole nitrogens is 1. The Hall–Kier alpha value is -13.0. The highest BCUT2D eigenvalue weighted by Crippen LogP contribution is 2.25. The molecule has 0 aliphatic carbocycles. The number of phenols is 1. The van der Waals surface area contributed by atoms with Crippen LogP contribution in [0, 0.1) is 23.7 Å². The third-order valence-corrected chi connectivity index (χ3v) is 23.8. The van der Waals surface area contributed by atoms with E-state index in [1.807, 2.05) is 12.2 Å². The Labute approximate surface area is 803 Å². The number of allylic oxidation sites excluding steroid dienone is 2. The Balaban J connectivity index is 1.59. The number of aromatic amines is 1. The highest BCUT2D eigenvalue weighted by atomic mass is 16.4. The minimum absolute atomic E-state index is 0.0822. The van der Waals surface area contributed by atoms with Crippen LogP contribution in [0.15, 0.2) is 97.2 Å². The van der Waals surface area contributed by atoms with E-state index in [4.69, 9.17) is 11.5 Å². The Morgan fingerprint density at radius 3 is 1.71 bits per heavy atom. The lowest BCUT2D eigenvalue weighted by Gasteiger charge is -2.34. The van der Waals surface area contributed by atoms with Crippen LogP contribution in [-0.4, -0.2) is 240 Å². The molecule has 138 heavy (non-hydrogen) atoms. The topological polar surface area (TPSA) is 650 Å². The van der Waals surface area contributed by atoms with Crippen LogP contribution in [0.25, 0.3) is 10.9 Å². The number of rotatable bonds is 40. The SMILES string of the molecule is CC(=O)N[C@@H](CC(C)C)C(=O)N[C@H](C(=O)N[C@@H](Cc1ccccc1)C(=O)N[C@]1(C)CCCCCC/C=C/CCC[C@@](C)(C(=O)N[C@@H](C)C(=O)NC(C)C(=O)N[C@@H](C)C(=O)C(=O)[C@H](C)NN[C@H](C)C(=O)C[C@H](C)C(N)=O)NC(=O)[C@H](CC(C)C)CN[C@@H](CCC(N)=O)C(=O)C(=O)[C@H](C)NC(=O)[C@H](Cc2c[nH]c3ccccc23)NC(=O)C(Cc2ccc(O)cc2)NC(=O)[C@H](CCC(=O)O)NC1=O)[C@@H](C)O. The van der Waals surface area contributed by atoms with Gasteiger partial charge in [0.25, 0.3) is 0 Å². The summed E-state index contributed by atoms with van der Waals surface area (Å²) in [5.41, 5.74) is 14.0. The van der Waals surface area contributed by atoms with Gasteiger partial charge in [-0.2, -0.15) is 0 Å². The number of carboxylic acid groups (broad SMARTS) is 1. The summed E-state index contributed by atoms with van der Waals surface area (Å²) in [5, 5.41) is 66.7. The van der Waals surface area contributed by atoms with Gasteiger partial charge in [-0.3, -0.25) is 95.9 Å². The van der Waals surface area contributed by atoms with Crippen LogP contribution in [0.5, 0.6) is 5.75 Å². The minimum atomic E-state index is -2.08. The van der Waals surface area contributed by atoms with Gasteiger partial charge in [-0.25, -0.2) is 10.9 Å². The number of carboxylic acids is 1. The number of hydrazine groups is 1. The summed E-state index contributed by atoms with van der Waals surface area (Å²) in [6, 6.07) is 1.24. The molecule has 0 saturated carbocycles. The lowest BCUT2D eigenvalue weighted by molar-refractivity contribution is -0.140. The molecule has 1 aliphatic heterocycles. The highest BCUT2D eigenvalue weighted by molar-refractivity contribution is 6.41. The van der Waals surface area contributed by atoms with E-state index < -0.39 is 257 Å². The molecule has 23 N–H and O–H groups in total. The second kappa shape index (κ2) is 56.0. The third-order valence-electron chi connectivity index (χ3n) is 23.8. The number of aromatic hydroxyl groups is 1. The van der Waals surface area contributed by atoms with Crippen molar-refractivity contribution in [1.29, 1.82) is 0 Å². The van der Waals surface area contributed by atoms with E-state index in [2.05, 4.69) is 85.0 Å². The number of hydrogen-bond donors (Lipinski definition) is 21. The number of nitrogens with one attached hydrogen (secondary N) is 16. The van der Waals surface area contributed by atoms with Gasteiger partial charge in [0, 0.05) is 75.0 Å². The molecule has 2 heterocycles. The molecular weight excluding hydrogens is 1790 g/mol. The standard InChI is InChI=1S/C97H142N18O23/c1-52(2)44-66-51-101-70(38-40-77(98)120)83(126)81(124)57(8)103-89(132)75(49-65-50-100-69-33-27-26-32-68(65)69)108-90(133)73(48-64-34-36-67(118)37-35-64)107-88(131)71(39-41-78(121)122)110-95(138)97(15,113-92(135)74(47-63-30-24-23-25-31-63)109-93(136)79(61(12)116)111-91(134)72(45-53(3)4)106-62(13)117)43-29-22-20-18-16-17-19-21-28-42-96(14,112-87(66)130)94(137)105-60(11)86(129)104-59(10)85(128)102-56(7)80(123)82(125)58(9)115-114-55(6)76(119)46-54(5)84(99)127/h17,19,23-27,30-37,50,52-61,66,70-75,79,100-101,114-116,118H,16,18,20-22,28-29,38-49,51H2,1-15H3,(H2,98,120)(H2,99,127)(H,102,128)(H,103,132)(H,104,129)(H,105,137)(H,106,117)(H,107,131)(H,108,133)(H,109,136)(H,110,138)(H,111,134)(H,112,130)(H,113,135)(H,121,122)/b19-17+/t54-,55+,56-,57-,58-,59?,60-,61+,66+,70-,71-,72-,73?,74-,75-,79-,96-,97+/m0/s1. The zero-order chi connectivity index (χ0) is 103. The summed E-state index contributed by atoms with van der Waals surface area (Å²) < 4.78 is 0. The van der Waals surface area contributed by atoms with E-state index in [1.54, 1.807) is 88.5 Å². The van der Waals surface area contributed by atoms with Gasteiger partial charge >= 0.3 is 5.97 Å². The Morgan fingerprint density at radius 1 is 0.529 bits per heavy atom. The number of ketones is 5. The molecule has 41 heteroatoms. The number of para-hydroxylation sites is 1. The summed E-state index contributed by atoms with van der Waals surface area (Å²) in [6.45, 7) is 21.3. The number of amides is 14. The lowest BCUT2D eigenvalue weighted by Crippen LogP contribution is -2.65. The van der Waals surface area contributed by atoms with Gasteiger partial charge in [-0.1, -0.05) is 127 Å². The van der Waals surface area contributed by atoms with Gasteiger partial charge in [0.05, 0.1) is 42.2 Å². The number of phenolic OH excluding ortho intramolecular Hbond substituents is 1. The number of aromatic nitrogens is 1. The zero-order valence-electron chi connectivity index (χ0n) is 81.4. The molecule has 4 aromatic rings. The summed E-state index contributed by atoms with van der Waals surface area (Å²) in [5.74, 6) is -21.5. The minimum Gasteiger partial charge on any atom is -0.508 e. The second-order valence-corrected chi connectivity index (χ2v) is 37.2. The normalized spacial score (nSPS) is 22.1. The maximum atomic E-state index is 15.6. The molecule has 0 bridgehead atoms. The van der Waals surface area contributed by atoms with Crippen molar-refractivity contribution in [1.82, 2.24) is 85.0 Å². The van der Waals surface area contributed by atoms with Crippen molar-refractivity contribution in [3.05, 3.63) is 114 Å². The predicted molar refractivity (Wildman–Crippen MR) is 510 cm³/mol. The number of primary amides is 2. The summed E-state index contributed by atoms with van der Waals surface area (Å²) in [7, 11) is 0. The number of aliphatic carboxylic acids is 1. The fourth-order valence-electron chi connectivity index (χ4n) is 15.4. The number of aliphatic hydroxyl groups is 1. The third kappa shape index (κ3) is 38.2. The number of fused-ring (bicyclic) bond motifs is 1. The van der Waals surface area contributed by atoms with E-state index in [9.17, 15) is 82.4 Å². The molecule has 0 fully saturated rings. The fraction of sp³-hybridized carbons (Fsp3) is 0.567. The van der Waals surface area contributed by atoms with Crippen LogP contribution in [0.1, 0.15) is 223 Å². The van der Waals surface area contributed by atoms with Gasteiger partial charge in [-0.05, 0) is 173 Å². The fourth-order valence-corrected chi connectivity index (χ4v) is 15.4. The smallest absolute Gasteiger partial charge is 0.303 e. The van der Waals surface area contributed by atoms with E-state index >= 15 is 28.8 Å². The molecule has 0 radical (unpaired) electrons. The van der Waals surface area contributed by atoms with Crippen LogP contribution in [0.4, 0.5) is 0 Å². The number of aliphatic hydroxyl groups excluding tert-OH is 1. The van der Waals surface area contributed by atoms with Crippen LogP contribution >= 0.6 is 0 Å². The quantitative estimate of drug-likeness (QED) is 0.0168. The maximum absolute atomic E-state index is 15.6. The highest BCUT2D eigenvalue weighted by Gasteiger charge is 2.44. The van der Waals surface area contributed by atoms with Gasteiger partial charge < -0.3 is 101 Å². The molecule has 3 aromatic carbocycles. The van der Waals surface area contributed by atoms with Crippen molar-refractivity contribution in [2.24, 2.45) is 35.1 Å². The molecule has 41 nitrogen and oxygen atoms in total. The molecule has 0 saturated heterocycles. The number of carbonyl (C=O) groups is 20. The molecule has 2 unspecified atom stereocenters. The van der Waals surface area contributed by atoms with E-state index in [-0.39, 0.29) is 81.9 Å². The monoisotopic (exact) mass is 1930 g/mol. The van der Waals surface area contributed by atoms with Crippen molar-refractivity contribution < 1.29 is 111 Å². The summed E-state index contributed by atoms with van der Waals surface area (Å²) >= 11 is 0. The number of benzene rings is 3. The lowest BCUT2D eigenvalue weighted by atomic mass is 9.89. The average molecular weight is 1930 g/mol. The number of carbonyl (C=O) groups excluding carboxylic acids is 19. The van der Waals surface area contributed by atoms with Crippen LogP contribution in [-0.2, 0) is 115 Å². The average Bonchev–Trinajstić information content (AvgIpc) is 1.44. The first-order chi connectivity index (χ1) is 64.8. The van der Waals surface area contributed by atoms with Gasteiger partial charge in [-0.15, -0.1) is 0 Å². The van der Waals surface area contributed by atoms with Gasteiger partial charge in [0.1, 0.15) is 65.2 Å². The molecule has 18 atom stereocenters. The largest absolute Gasteiger partial charge is 0.508 e. The number of Topliss-reactive ketones (excluding diaryl/α,β-unsaturated/α-hetero) is 5. The van der Waals surface area contributed by atoms with E-state index in [1.165, 1.54) is 100 Å². The first-order valence-electron chi connectivity index (χ1n) is 46.9. The van der Waals surface area contributed by atoms with E-state index in [0.29, 0.717) is 59.7 Å². The number of nitrogens with two attached hydrogens (primary N) is 2. The molecule has 5 rings (SSSR count). The van der Waals surface area contributed by atoms with Gasteiger partial charge in [0.2, 0.25) is 106 Å². The summed E-state index contributed by atoms with van der Waals surface area (Å²) in [6.07, 6.45) is 2.68. The number of hydrogen-bond acceptors (Lipinski definition) is 25. The molecular formula is C97H142N18O23. The van der Waals surface area contributed by atoms with Crippen LogP contribution < -0.4 is 91.4 Å². The van der Waals surface area contributed by atoms with Gasteiger partial charge in [0.15, 0.2) is 5.78 Å². The van der Waals surface area contributed by atoms with Crippen molar-refractivity contribution in [3.8, 4) is 5.75 Å². The predicted octanol–water partition coefficient (Wildman–Crippen LogP) is 1.09. The van der Waals surface area contributed by atoms with Crippen molar-refractivity contribution in [2.45, 2.75) is 322 Å². The van der Waals surface area contributed by atoms with E-state index in [0.717, 1.165) is 0 Å². The molecule has 1 aromatic heterocycles. The zero-order valence-corrected chi connectivity index (χ0v) is 81.4. The van der Waals surface area contributed by atoms with Crippen molar-refractivity contribution in [2.75, 3.05) is 6.54 Å². The molecule has 1 aliphatic rings. The van der Waals surface area contributed by atoms with Crippen LogP contribution in [0.2, 0.25) is 0 Å². The Bertz CT molecular complexity index is 4960. The molecule has 14 amide bonds. The maximum Gasteiger partial charge on any atom is 0.303 e. The van der Waals surface area contributed by atoms with Crippen LogP contribution in [0.3, 0.4) is 0 Å². The first kappa shape index (κ1) is 115. The second-order valence-electron chi connectivity index (χ2n) is 37.2. The Morgan fingerprint density at radius 2 is 1.10 bits per heavy atom. The first-order valence-corrected chi connectivity index (χ1v) is 46.9. The summed E-state index contributed by atoms with van der Waals surface area (Å²) in [4.78, 5) is 283. The van der Waals surface area contributed by atoms with Crippen molar-refractivity contribution in [3.63, 3.8) is 0 Å².